The number of nitrogens with two attached hydrogens (primary N) is 1. The van der Waals surface area contributed by atoms with Crippen LogP contribution in [-0.4, -0.2) is 14.2 Å². The molecule has 0 amide bonds. The molecule has 1 saturated carbocycles. The third-order valence-corrected chi connectivity index (χ3v) is 3.69. The first kappa shape index (κ1) is 9.00. The van der Waals surface area contributed by atoms with Gasteiger partial charge in [0.15, 0.2) is 0 Å². The van der Waals surface area contributed by atoms with E-state index in [-0.39, 0.29) is 11.2 Å². The Morgan fingerprint density at radius 3 is 2.09 bits per heavy atom. The van der Waals surface area contributed by atoms with Crippen molar-refractivity contribution in [3.05, 3.63) is 0 Å². The summed E-state index contributed by atoms with van der Waals surface area (Å²) < 4.78 is 21.6. The summed E-state index contributed by atoms with van der Waals surface area (Å²) in [7, 11) is -3.25. The first-order valence-corrected chi connectivity index (χ1v) is 5.69. The van der Waals surface area contributed by atoms with Gasteiger partial charge >= 0.3 is 0 Å². The fourth-order valence-electron chi connectivity index (χ4n) is 1.70. The van der Waals surface area contributed by atoms with Gasteiger partial charge in [-0.2, -0.15) is 0 Å². The van der Waals surface area contributed by atoms with Crippen LogP contribution in [0, 0.1) is 5.41 Å². The predicted molar refractivity (Wildman–Crippen MR) is 44.5 cm³/mol. The zero-order chi connectivity index (χ0) is 8.54. The molecule has 0 aliphatic heterocycles. The lowest BCUT2D eigenvalue weighted by atomic mass is 9.68. The SMILES string of the molecule is CCC1(CS(N)(=O)=O)CCC1. The van der Waals surface area contributed by atoms with E-state index in [2.05, 4.69) is 0 Å². The van der Waals surface area contributed by atoms with Crippen molar-refractivity contribution in [1.29, 1.82) is 0 Å². The molecule has 1 aliphatic carbocycles. The largest absolute Gasteiger partial charge is 0.229 e. The monoisotopic (exact) mass is 177 g/mol. The van der Waals surface area contributed by atoms with Gasteiger partial charge in [-0.25, -0.2) is 13.6 Å². The van der Waals surface area contributed by atoms with Crippen LogP contribution in [-0.2, 0) is 10.0 Å². The normalized spacial score (nSPS) is 22.7. The Labute approximate surface area is 68.0 Å². The van der Waals surface area contributed by atoms with Crippen LogP contribution >= 0.6 is 0 Å². The molecule has 3 nitrogen and oxygen atoms in total. The molecule has 0 heterocycles. The second-order valence-electron chi connectivity index (χ2n) is 3.51. The molecule has 0 atom stereocenters. The highest BCUT2D eigenvalue weighted by Gasteiger charge is 2.38. The van der Waals surface area contributed by atoms with Gasteiger partial charge in [-0.15, -0.1) is 0 Å². The zero-order valence-electron chi connectivity index (χ0n) is 6.84. The first-order valence-electron chi connectivity index (χ1n) is 3.98. The Bertz CT molecular complexity index is 223. The summed E-state index contributed by atoms with van der Waals surface area (Å²) in [5.41, 5.74) is 0.0353. The molecule has 1 aliphatic rings. The molecule has 0 aromatic heterocycles. The fraction of sp³-hybridized carbons (Fsp3) is 1.00. The minimum atomic E-state index is -3.25. The summed E-state index contributed by atoms with van der Waals surface area (Å²) in [5.74, 6) is 0.177. The van der Waals surface area contributed by atoms with Crippen LogP contribution in [0.4, 0.5) is 0 Å². The molecule has 0 bridgehead atoms. The van der Waals surface area contributed by atoms with Gasteiger partial charge in [-0.3, -0.25) is 0 Å². The predicted octanol–water partition coefficient (Wildman–Crippen LogP) is 0.855. The van der Waals surface area contributed by atoms with Crippen LogP contribution in [0.1, 0.15) is 32.6 Å². The van der Waals surface area contributed by atoms with Crippen molar-refractivity contribution < 1.29 is 8.42 Å². The molecule has 66 valence electrons. The summed E-state index contributed by atoms with van der Waals surface area (Å²) in [4.78, 5) is 0. The van der Waals surface area contributed by atoms with Crippen molar-refractivity contribution in [2.75, 3.05) is 5.75 Å². The van der Waals surface area contributed by atoms with E-state index in [1.54, 1.807) is 0 Å². The van der Waals surface area contributed by atoms with Gasteiger partial charge in [-0.1, -0.05) is 13.3 Å². The average molecular weight is 177 g/mol. The Morgan fingerprint density at radius 1 is 1.45 bits per heavy atom. The lowest BCUT2D eigenvalue weighted by Gasteiger charge is -2.40. The van der Waals surface area contributed by atoms with Crippen molar-refractivity contribution >= 4 is 10.0 Å². The highest BCUT2D eigenvalue weighted by atomic mass is 32.2. The molecule has 0 unspecified atom stereocenters. The molecule has 11 heavy (non-hydrogen) atoms. The third kappa shape index (κ3) is 2.17. The maximum atomic E-state index is 10.8. The van der Waals surface area contributed by atoms with Crippen molar-refractivity contribution in [3.63, 3.8) is 0 Å². The highest BCUT2D eigenvalue weighted by Crippen LogP contribution is 2.44. The van der Waals surface area contributed by atoms with Gasteiger partial charge in [0.25, 0.3) is 0 Å². The summed E-state index contributed by atoms with van der Waals surface area (Å²) in [6.45, 7) is 2.03. The minimum Gasteiger partial charge on any atom is -0.229 e. The molecule has 0 aromatic carbocycles. The molecular weight excluding hydrogens is 162 g/mol. The summed E-state index contributed by atoms with van der Waals surface area (Å²) in [6.07, 6.45) is 4.15. The summed E-state index contributed by atoms with van der Waals surface area (Å²) >= 11 is 0. The van der Waals surface area contributed by atoms with Crippen LogP contribution in [0.25, 0.3) is 0 Å². The second kappa shape index (κ2) is 2.75. The van der Waals surface area contributed by atoms with E-state index in [1.807, 2.05) is 6.92 Å². The molecule has 4 heteroatoms. The fourth-order valence-corrected chi connectivity index (χ4v) is 3.05. The maximum Gasteiger partial charge on any atom is 0.209 e. The molecule has 1 fully saturated rings. The van der Waals surface area contributed by atoms with E-state index >= 15 is 0 Å². The van der Waals surface area contributed by atoms with Gasteiger partial charge in [0.05, 0.1) is 5.75 Å². The van der Waals surface area contributed by atoms with Gasteiger partial charge < -0.3 is 0 Å². The third-order valence-electron chi connectivity index (χ3n) is 2.67. The van der Waals surface area contributed by atoms with Crippen LogP contribution in [0.2, 0.25) is 0 Å². The van der Waals surface area contributed by atoms with Crippen molar-refractivity contribution in [1.82, 2.24) is 0 Å². The van der Waals surface area contributed by atoms with Crippen LogP contribution in [0.15, 0.2) is 0 Å². The van der Waals surface area contributed by atoms with E-state index in [1.165, 1.54) is 0 Å². The number of hydrogen-bond acceptors (Lipinski definition) is 2. The molecule has 2 N–H and O–H groups in total. The van der Waals surface area contributed by atoms with E-state index in [0.29, 0.717) is 0 Å². The number of primary sulfonamides is 1. The Morgan fingerprint density at radius 2 is 2.00 bits per heavy atom. The van der Waals surface area contributed by atoms with Crippen molar-refractivity contribution in [3.8, 4) is 0 Å². The lowest BCUT2D eigenvalue weighted by Crippen LogP contribution is -2.38. The Kier molecular flexibility index (Phi) is 2.25. The maximum absolute atomic E-state index is 10.8. The number of hydrogen-bond donors (Lipinski definition) is 1. The molecule has 0 radical (unpaired) electrons. The van der Waals surface area contributed by atoms with Gasteiger partial charge in [0.2, 0.25) is 10.0 Å². The lowest BCUT2D eigenvalue weighted by molar-refractivity contribution is 0.158. The van der Waals surface area contributed by atoms with E-state index < -0.39 is 10.0 Å². The van der Waals surface area contributed by atoms with Gasteiger partial charge in [-0.05, 0) is 24.7 Å². The minimum absolute atomic E-state index is 0.0353. The van der Waals surface area contributed by atoms with Crippen LogP contribution in [0.5, 0.6) is 0 Å². The molecule has 0 saturated heterocycles. The number of sulfonamides is 1. The van der Waals surface area contributed by atoms with Gasteiger partial charge in [0.1, 0.15) is 0 Å². The zero-order valence-corrected chi connectivity index (χ0v) is 7.65. The topological polar surface area (TPSA) is 60.2 Å². The summed E-state index contributed by atoms with van der Waals surface area (Å²) in [5, 5.41) is 4.98. The standard InChI is InChI=1S/C7H15NO2S/c1-2-7(4-3-5-7)6-11(8,9)10/h2-6H2,1H3,(H2,8,9,10). The van der Waals surface area contributed by atoms with Crippen LogP contribution in [0.3, 0.4) is 0 Å². The molecule has 1 rings (SSSR count). The van der Waals surface area contributed by atoms with Crippen molar-refractivity contribution in [2.45, 2.75) is 32.6 Å². The smallest absolute Gasteiger partial charge is 0.209 e. The van der Waals surface area contributed by atoms with Crippen molar-refractivity contribution in [2.24, 2.45) is 10.6 Å². The van der Waals surface area contributed by atoms with E-state index in [0.717, 1.165) is 25.7 Å². The molecule has 0 spiro atoms. The number of rotatable bonds is 3. The average Bonchev–Trinajstić information content (AvgIpc) is 1.77. The molecule has 0 aromatic rings. The van der Waals surface area contributed by atoms with E-state index in [9.17, 15) is 8.42 Å². The Balaban J connectivity index is 2.59. The second-order valence-corrected chi connectivity index (χ2v) is 5.13. The quantitative estimate of drug-likeness (QED) is 0.695. The Hall–Kier alpha value is -0.0900. The molecular formula is C7H15NO2S. The highest BCUT2D eigenvalue weighted by molar-refractivity contribution is 7.89. The van der Waals surface area contributed by atoms with Crippen LogP contribution < -0.4 is 5.14 Å². The summed E-state index contributed by atoms with van der Waals surface area (Å²) in [6, 6.07) is 0. The van der Waals surface area contributed by atoms with Gasteiger partial charge in [0, 0.05) is 0 Å². The first-order chi connectivity index (χ1) is 4.97. The van der Waals surface area contributed by atoms with E-state index in [4.69, 9.17) is 5.14 Å².